The molecule has 1 heterocycles. The quantitative estimate of drug-likeness (QED) is 0.650. The first kappa shape index (κ1) is 22.0. The van der Waals surface area contributed by atoms with Gasteiger partial charge in [-0.1, -0.05) is 54.1 Å². The Bertz CT molecular complexity index is 671. The zero-order chi connectivity index (χ0) is 20.1. The zero-order valence-electron chi connectivity index (χ0n) is 15.9. The molecule has 1 aliphatic rings. The Kier molecular flexibility index (Phi) is 10.0. The minimum Gasteiger partial charge on any atom is -0.508 e. The number of allylic oxidation sites excluding steroid dienone is 1. The predicted octanol–water partition coefficient (Wildman–Crippen LogP) is 4.14. The standard InChI is InChI=1S/C11H13NO2.C7H8O.C4H6O/c1-12-10(8-14-11(12)13)7-9-5-3-2-4-6-9;1-6-2-4-7(8)5-3-6;1-2-3-4-5/h2-6,10H,7-8H2,1H3;2-5,8H,1H3;2,4H,1,3H2. The molecule has 0 aromatic heterocycles. The van der Waals surface area contributed by atoms with Gasteiger partial charge in [0.1, 0.15) is 18.6 Å². The van der Waals surface area contributed by atoms with Crippen molar-refractivity contribution in [3.8, 4) is 5.75 Å². The van der Waals surface area contributed by atoms with Gasteiger partial charge >= 0.3 is 6.09 Å². The molecule has 0 radical (unpaired) electrons. The SMILES string of the molecule is C=CCC=O.CN1C(=O)OCC1Cc1ccccc1.Cc1ccc(O)cc1. The second-order valence-corrected chi connectivity index (χ2v) is 6.06. The number of nitrogens with zero attached hydrogens (tertiary/aromatic N) is 1. The second kappa shape index (κ2) is 12.3. The van der Waals surface area contributed by atoms with E-state index in [-0.39, 0.29) is 12.1 Å². The topological polar surface area (TPSA) is 66.8 Å². The lowest BCUT2D eigenvalue weighted by Gasteiger charge is -2.15. The van der Waals surface area contributed by atoms with Gasteiger partial charge in [0.25, 0.3) is 0 Å². The van der Waals surface area contributed by atoms with Crippen molar-refractivity contribution in [1.82, 2.24) is 4.90 Å². The molecule has 2 aromatic carbocycles. The molecular formula is C22H27NO4. The van der Waals surface area contributed by atoms with Gasteiger partial charge in [-0.05, 0) is 31.0 Å². The third-order valence-corrected chi connectivity index (χ3v) is 3.85. The van der Waals surface area contributed by atoms with Gasteiger partial charge in [-0.15, -0.1) is 6.58 Å². The maximum atomic E-state index is 11.1. The monoisotopic (exact) mass is 369 g/mol. The number of amides is 1. The van der Waals surface area contributed by atoms with Gasteiger partial charge in [0.2, 0.25) is 0 Å². The van der Waals surface area contributed by atoms with Crippen LogP contribution in [0.2, 0.25) is 0 Å². The highest BCUT2D eigenvalue weighted by Crippen LogP contribution is 2.14. The lowest BCUT2D eigenvalue weighted by molar-refractivity contribution is -0.107. The molecule has 1 N–H and O–H groups in total. The van der Waals surface area contributed by atoms with Gasteiger partial charge < -0.3 is 19.5 Å². The third kappa shape index (κ3) is 8.72. The van der Waals surface area contributed by atoms with Crippen LogP contribution >= 0.6 is 0 Å². The number of hydrogen-bond acceptors (Lipinski definition) is 4. The number of benzene rings is 2. The van der Waals surface area contributed by atoms with E-state index in [0.717, 1.165) is 12.7 Å². The maximum Gasteiger partial charge on any atom is 0.409 e. The summed E-state index contributed by atoms with van der Waals surface area (Å²) >= 11 is 0. The van der Waals surface area contributed by atoms with E-state index in [9.17, 15) is 9.59 Å². The summed E-state index contributed by atoms with van der Waals surface area (Å²) in [5, 5.41) is 8.76. The Morgan fingerprint density at radius 1 is 1.19 bits per heavy atom. The molecule has 144 valence electrons. The summed E-state index contributed by atoms with van der Waals surface area (Å²) in [5.74, 6) is 0.329. The van der Waals surface area contributed by atoms with Gasteiger partial charge in [-0.3, -0.25) is 0 Å². The normalized spacial score (nSPS) is 14.8. The van der Waals surface area contributed by atoms with E-state index in [1.807, 2.05) is 37.3 Å². The number of cyclic esters (lactones) is 1. The van der Waals surface area contributed by atoms with E-state index in [4.69, 9.17) is 9.84 Å². The highest BCUT2D eigenvalue weighted by Gasteiger charge is 2.29. The molecule has 27 heavy (non-hydrogen) atoms. The number of hydrogen-bond donors (Lipinski definition) is 1. The lowest BCUT2D eigenvalue weighted by atomic mass is 10.1. The van der Waals surface area contributed by atoms with Crippen molar-refractivity contribution in [1.29, 1.82) is 0 Å². The number of ether oxygens (including phenoxy) is 1. The van der Waals surface area contributed by atoms with E-state index in [1.54, 1.807) is 30.2 Å². The molecule has 1 amide bonds. The Labute approximate surface area is 160 Å². The van der Waals surface area contributed by atoms with Crippen molar-refractivity contribution in [2.45, 2.75) is 25.8 Å². The minimum absolute atomic E-state index is 0.185. The fraction of sp³-hybridized carbons (Fsp3) is 0.273. The molecule has 3 rings (SSSR count). The molecule has 1 fully saturated rings. The number of rotatable bonds is 4. The minimum atomic E-state index is -0.217. The largest absolute Gasteiger partial charge is 0.508 e. The van der Waals surface area contributed by atoms with Gasteiger partial charge in [0, 0.05) is 13.5 Å². The van der Waals surface area contributed by atoms with Gasteiger partial charge in [-0.2, -0.15) is 0 Å². The number of likely N-dealkylation sites (N-methyl/N-ethyl adjacent to an activating group) is 1. The Hall–Kier alpha value is -3.08. The zero-order valence-corrected chi connectivity index (χ0v) is 15.9. The van der Waals surface area contributed by atoms with E-state index < -0.39 is 0 Å². The van der Waals surface area contributed by atoms with Crippen molar-refractivity contribution in [3.05, 3.63) is 78.4 Å². The van der Waals surface area contributed by atoms with E-state index in [2.05, 4.69) is 18.7 Å². The number of carbonyl (C=O) groups excluding carboxylic acids is 2. The van der Waals surface area contributed by atoms with Crippen LogP contribution in [0.4, 0.5) is 4.79 Å². The fourth-order valence-electron chi connectivity index (χ4n) is 2.23. The second-order valence-electron chi connectivity index (χ2n) is 6.06. The van der Waals surface area contributed by atoms with Crippen molar-refractivity contribution >= 4 is 12.4 Å². The molecule has 1 atom stereocenters. The smallest absolute Gasteiger partial charge is 0.409 e. The van der Waals surface area contributed by atoms with Gasteiger partial charge in [0.15, 0.2) is 0 Å². The number of phenolic OH excluding ortho intramolecular Hbond substituents is 1. The molecular weight excluding hydrogens is 342 g/mol. The average molecular weight is 369 g/mol. The molecule has 1 aliphatic heterocycles. The number of aryl methyl sites for hydroxylation is 1. The molecule has 0 bridgehead atoms. The highest BCUT2D eigenvalue weighted by atomic mass is 16.6. The van der Waals surface area contributed by atoms with Crippen molar-refractivity contribution in [2.24, 2.45) is 0 Å². The van der Waals surface area contributed by atoms with Crippen molar-refractivity contribution < 1.29 is 19.4 Å². The Morgan fingerprint density at radius 3 is 2.22 bits per heavy atom. The van der Waals surface area contributed by atoms with Crippen LogP contribution in [0.15, 0.2) is 67.3 Å². The van der Waals surface area contributed by atoms with Crippen LogP contribution in [0.3, 0.4) is 0 Å². The van der Waals surface area contributed by atoms with E-state index >= 15 is 0 Å². The first-order valence-corrected chi connectivity index (χ1v) is 8.71. The fourth-order valence-corrected chi connectivity index (χ4v) is 2.23. The molecule has 0 saturated carbocycles. The summed E-state index contributed by atoms with van der Waals surface area (Å²) in [6.45, 7) is 5.81. The molecule has 1 saturated heterocycles. The average Bonchev–Trinajstić information content (AvgIpc) is 2.99. The first-order chi connectivity index (χ1) is 13.0. The maximum absolute atomic E-state index is 11.1. The molecule has 2 aromatic rings. The summed E-state index contributed by atoms with van der Waals surface area (Å²) in [7, 11) is 1.78. The van der Waals surface area contributed by atoms with Crippen LogP contribution in [0.1, 0.15) is 17.5 Å². The summed E-state index contributed by atoms with van der Waals surface area (Å²) < 4.78 is 4.94. The van der Waals surface area contributed by atoms with Crippen LogP contribution in [0.25, 0.3) is 0 Å². The van der Waals surface area contributed by atoms with E-state index in [0.29, 0.717) is 18.8 Å². The number of carbonyl (C=O) groups is 2. The van der Waals surface area contributed by atoms with Gasteiger partial charge in [-0.25, -0.2) is 4.79 Å². The molecule has 1 unspecified atom stereocenters. The highest BCUT2D eigenvalue weighted by molar-refractivity contribution is 5.69. The first-order valence-electron chi connectivity index (χ1n) is 8.71. The molecule has 0 spiro atoms. The number of phenols is 1. The lowest BCUT2D eigenvalue weighted by Crippen LogP contribution is -2.30. The van der Waals surface area contributed by atoms with Crippen LogP contribution in [-0.4, -0.2) is 42.1 Å². The summed E-state index contributed by atoms with van der Waals surface area (Å²) in [4.78, 5) is 22.1. The summed E-state index contributed by atoms with van der Waals surface area (Å²) in [6, 6.07) is 17.4. The Morgan fingerprint density at radius 2 is 1.81 bits per heavy atom. The van der Waals surface area contributed by atoms with Gasteiger partial charge in [0.05, 0.1) is 6.04 Å². The number of aldehydes is 1. The predicted molar refractivity (Wildman–Crippen MR) is 107 cm³/mol. The molecule has 0 aliphatic carbocycles. The van der Waals surface area contributed by atoms with Crippen molar-refractivity contribution in [3.63, 3.8) is 0 Å². The van der Waals surface area contributed by atoms with Crippen LogP contribution in [0, 0.1) is 6.92 Å². The van der Waals surface area contributed by atoms with Crippen LogP contribution in [-0.2, 0) is 16.0 Å². The van der Waals surface area contributed by atoms with Crippen LogP contribution < -0.4 is 0 Å². The summed E-state index contributed by atoms with van der Waals surface area (Å²) in [6.07, 6.45) is 3.49. The van der Waals surface area contributed by atoms with Crippen LogP contribution in [0.5, 0.6) is 5.75 Å². The third-order valence-electron chi connectivity index (χ3n) is 3.85. The summed E-state index contributed by atoms with van der Waals surface area (Å²) in [5.41, 5.74) is 2.41. The molecule has 5 nitrogen and oxygen atoms in total. The van der Waals surface area contributed by atoms with Crippen molar-refractivity contribution in [2.75, 3.05) is 13.7 Å². The molecule has 5 heteroatoms. The Balaban J connectivity index is 0.000000237. The van der Waals surface area contributed by atoms with E-state index in [1.165, 1.54) is 11.1 Å². The number of aromatic hydroxyl groups is 1.